The summed E-state index contributed by atoms with van der Waals surface area (Å²) in [5.74, 6) is -0.694. The van der Waals surface area contributed by atoms with Gasteiger partial charge in [0.15, 0.2) is 5.58 Å². The smallest absolute Gasteiger partial charge is 0.408 e. The van der Waals surface area contributed by atoms with Crippen LogP contribution in [0.25, 0.3) is 11.1 Å². The monoisotopic (exact) mass is 292 g/mol. The first-order chi connectivity index (χ1) is 10.1. The summed E-state index contributed by atoms with van der Waals surface area (Å²) in [5, 5.41) is 9.17. The number of likely N-dealkylation sites (N-methyl/N-ethyl adjacent to an activating group) is 1. The van der Waals surface area contributed by atoms with Gasteiger partial charge in [-0.15, -0.1) is 0 Å². The number of benzene rings is 1. The third-order valence-electron chi connectivity index (χ3n) is 3.48. The third-order valence-corrected chi connectivity index (χ3v) is 3.48. The molecule has 1 amide bonds. The Balaban J connectivity index is 2.27. The summed E-state index contributed by atoms with van der Waals surface area (Å²) in [5.41, 5.74) is 1.62. The average Bonchev–Trinajstić information content (AvgIpc) is 2.79. The lowest BCUT2D eigenvalue weighted by molar-refractivity contribution is -0.130. The number of oxazole rings is 1. The Hall–Kier alpha value is -2.08. The molecule has 6 nitrogen and oxygen atoms in total. The average molecular weight is 292 g/mol. The number of carbonyl (C=O) groups excluding carboxylic acids is 1. The van der Waals surface area contributed by atoms with Crippen LogP contribution in [0.5, 0.6) is 0 Å². The molecule has 0 saturated heterocycles. The van der Waals surface area contributed by atoms with Crippen LogP contribution in [0.1, 0.15) is 25.3 Å². The van der Waals surface area contributed by atoms with Crippen LogP contribution in [0, 0.1) is 0 Å². The maximum absolute atomic E-state index is 12.1. The highest BCUT2D eigenvalue weighted by molar-refractivity contribution is 5.79. The molecule has 0 aliphatic carbocycles. The van der Waals surface area contributed by atoms with Crippen molar-refractivity contribution in [3.8, 4) is 0 Å². The molecule has 0 radical (unpaired) electrons. The van der Waals surface area contributed by atoms with Crippen molar-refractivity contribution in [3.63, 3.8) is 0 Å². The number of carbonyl (C=O) groups is 1. The van der Waals surface area contributed by atoms with Crippen molar-refractivity contribution in [2.75, 3.05) is 13.6 Å². The fourth-order valence-electron chi connectivity index (χ4n) is 2.13. The van der Waals surface area contributed by atoms with Crippen molar-refractivity contribution in [1.82, 2.24) is 9.47 Å². The molecule has 21 heavy (non-hydrogen) atoms. The first-order valence-corrected chi connectivity index (χ1v) is 7.04. The summed E-state index contributed by atoms with van der Waals surface area (Å²) in [4.78, 5) is 25.6. The summed E-state index contributed by atoms with van der Waals surface area (Å²) >= 11 is 0. The van der Waals surface area contributed by atoms with E-state index < -0.39 is 5.76 Å². The molecule has 1 aromatic heterocycles. The number of fused-ring (bicyclic) bond motifs is 1. The van der Waals surface area contributed by atoms with E-state index in [1.807, 2.05) is 0 Å². The van der Waals surface area contributed by atoms with Gasteiger partial charge >= 0.3 is 5.76 Å². The lowest BCUT2D eigenvalue weighted by atomic mass is 10.2. The van der Waals surface area contributed by atoms with Crippen LogP contribution in [0.3, 0.4) is 0 Å². The van der Waals surface area contributed by atoms with Gasteiger partial charge in [-0.1, -0.05) is 19.4 Å². The normalized spacial score (nSPS) is 11.0. The summed E-state index contributed by atoms with van der Waals surface area (Å²) in [6.45, 7) is 2.55. The molecular formula is C15H20N2O4. The van der Waals surface area contributed by atoms with Gasteiger partial charge in [0.1, 0.15) is 6.54 Å². The lowest BCUT2D eigenvalue weighted by Crippen LogP contribution is -2.33. The van der Waals surface area contributed by atoms with Crippen molar-refractivity contribution in [3.05, 3.63) is 34.3 Å². The minimum Gasteiger partial charge on any atom is -0.408 e. The number of nitrogens with zero attached hydrogens (tertiary/aromatic N) is 2. The lowest BCUT2D eigenvalue weighted by Gasteiger charge is -2.16. The standard InChI is InChI=1S/C15H20N2O4/c1-3-4-7-16(2)14(19)9-17-12-8-11(10-18)5-6-13(12)21-15(17)20/h5-6,8,18H,3-4,7,9-10H2,1-2H3. The Morgan fingerprint density at radius 3 is 2.86 bits per heavy atom. The molecule has 0 aliphatic heterocycles. The van der Waals surface area contributed by atoms with Gasteiger partial charge in [0, 0.05) is 13.6 Å². The van der Waals surface area contributed by atoms with E-state index >= 15 is 0 Å². The SMILES string of the molecule is CCCCN(C)C(=O)Cn1c(=O)oc2ccc(CO)cc21. The number of aromatic nitrogens is 1. The number of aliphatic hydroxyl groups is 1. The van der Waals surface area contributed by atoms with E-state index in [0.29, 0.717) is 23.2 Å². The van der Waals surface area contributed by atoms with Crippen LogP contribution in [-0.2, 0) is 17.9 Å². The van der Waals surface area contributed by atoms with Crippen LogP contribution in [-0.4, -0.2) is 34.1 Å². The Kier molecular flexibility index (Phi) is 4.80. The van der Waals surface area contributed by atoms with Gasteiger partial charge in [-0.2, -0.15) is 0 Å². The van der Waals surface area contributed by atoms with Gasteiger partial charge < -0.3 is 14.4 Å². The van der Waals surface area contributed by atoms with Crippen LogP contribution in [0.4, 0.5) is 0 Å². The Morgan fingerprint density at radius 2 is 2.19 bits per heavy atom. The molecular weight excluding hydrogens is 272 g/mol. The largest absolute Gasteiger partial charge is 0.420 e. The molecule has 0 atom stereocenters. The van der Waals surface area contributed by atoms with Crippen molar-refractivity contribution >= 4 is 17.0 Å². The predicted molar refractivity (Wildman–Crippen MR) is 78.9 cm³/mol. The maximum atomic E-state index is 12.1. The van der Waals surface area contributed by atoms with Crippen LogP contribution < -0.4 is 5.76 Å². The van der Waals surface area contributed by atoms with Crippen molar-refractivity contribution in [2.45, 2.75) is 32.9 Å². The molecule has 114 valence electrons. The molecule has 0 spiro atoms. The van der Waals surface area contributed by atoms with E-state index in [4.69, 9.17) is 9.52 Å². The van der Waals surface area contributed by atoms with E-state index in [0.717, 1.165) is 12.8 Å². The minimum absolute atomic E-state index is 0.0546. The first kappa shape index (κ1) is 15.3. The molecule has 6 heteroatoms. The Morgan fingerprint density at radius 1 is 1.43 bits per heavy atom. The topological polar surface area (TPSA) is 75.7 Å². The molecule has 1 aromatic carbocycles. The fraction of sp³-hybridized carbons (Fsp3) is 0.467. The number of amides is 1. The van der Waals surface area contributed by atoms with Gasteiger partial charge in [0.2, 0.25) is 5.91 Å². The fourth-order valence-corrected chi connectivity index (χ4v) is 2.13. The zero-order chi connectivity index (χ0) is 15.4. The highest BCUT2D eigenvalue weighted by atomic mass is 16.4. The van der Waals surface area contributed by atoms with Crippen molar-refractivity contribution < 1.29 is 14.3 Å². The molecule has 0 fully saturated rings. The van der Waals surface area contributed by atoms with E-state index in [1.165, 1.54) is 4.57 Å². The van der Waals surface area contributed by atoms with Gasteiger partial charge in [0.25, 0.3) is 0 Å². The second kappa shape index (κ2) is 6.58. The van der Waals surface area contributed by atoms with E-state index in [1.54, 1.807) is 30.1 Å². The van der Waals surface area contributed by atoms with Crippen LogP contribution in [0.15, 0.2) is 27.4 Å². The number of rotatable bonds is 6. The molecule has 0 saturated carbocycles. The van der Waals surface area contributed by atoms with Crippen LogP contribution >= 0.6 is 0 Å². The van der Waals surface area contributed by atoms with E-state index in [-0.39, 0.29) is 19.1 Å². The third kappa shape index (κ3) is 3.33. The van der Waals surface area contributed by atoms with E-state index in [2.05, 4.69) is 6.92 Å². The summed E-state index contributed by atoms with van der Waals surface area (Å²) < 4.78 is 6.42. The zero-order valence-electron chi connectivity index (χ0n) is 12.3. The molecule has 2 aromatic rings. The minimum atomic E-state index is -0.558. The molecule has 0 bridgehead atoms. The second-order valence-electron chi connectivity index (χ2n) is 5.08. The molecule has 0 aliphatic rings. The van der Waals surface area contributed by atoms with Crippen LogP contribution in [0.2, 0.25) is 0 Å². The Bertz CT molecular complexity index is 687. The highest BCUT2D eigenvalue weighted by Crippen LogP contribution is 2.15. The molecule has 0 unspecified atom stereocenters. The number of aliphatic hydroxyl groups excluding tert-OH is 1. The second-order valence-corrected chi connectivity index (χ2v) is 5.08. The summed E-state index contributed by atoms with van der Waals surface area (Å²) in [6, 6.07) is 4.98. The molecule has 1 N–H and O–H groups in total. The van der Waals surface area contributed by atoms with Gasteiger partial charge in [-0.3, -0.25) is 9.36 Å². The Labute approximate surface area is 122 Å². The van der Waals surface area contributed by atoms with Gasteiger partial charge in [-0.25, -0.2) is 4.79 Å². The number of hydrogen-bond acceptors (Lipinski definition) is 4. The quantitative estimate of drug-likeness (QED) is 0.872. The number of unbranched alkanes of at least 4 members (excludes halogenated alkanes) is 1. The van der Waals surface area contributed by atoms with Gasteiger partial charge in [0.05, 0.1) is 12.1 Å². The molecule has 2 rings (SSSR count). The first-order valence-electron chi connectivity index (χ1n) is 7.04. The van der Waals surface area contributed by atoms with Crippen molar-refractivity contribution in [1.29, 1.82) is 0 Å². The predicted octanol–water partition coefficient (Wildman–Crippen LogP) is 1.35. The summed E-state index contributed by atoms with van der Waals surface area (Å²) in [7, 11) is 1.73. The number of hydrogen-bond donors (Lipinski definition) is 1. The highest BCUT2D eigenvalue weighted by Gasteiger charge is 2.15. The van der Waals surface area contributed by atoms with Crippen molar-refractivity contribution in [2.24, 2.45) is 0 Å². The van der Waals surface area contributed by atoms with E-state index in [9.17, 15) is 9.59 Å². The molecule has 1 heterocycles. The summed E-state index contributed by atoms with van der Waals surface area (Å²) in [6.07, 6.45) is 1.93. The van der Waals surface area contributed by atoms with Gasteiger partial charge in [-0.05, 0) is 24.1 Å². The zero-order valence-corrected chi connectivity index (χ0v) is 12.3. The maximum Gasteiger partial charge on any atom is 0.420 e.